The number of aromatic nitrogens is 1. The Morgan fingerprint density at radius 1 is 1.06 bits per heavy atom. The second-order valence-electron chi connectivity index (χ2n) is 8.87. The van der Waals surface area contributed by atoms with Crippen molar-refractivity contribution < 1.29 is 27.8 Å². The molecule has 0 spiro atoms. The van der Waals surface area contributed by atoms with E-state index in [1.165, 1.54) is 16.8 Å². The smallest absolute Gasteiger partial charge is 0.418 e. The molecular weight excluding hydrogens is 423 g/mol. The minimum atomic E-state index is -4.92. The lowest BCUT2D eigenvalue weighted by Crippen LogP contribution is -2.52. The van der Waals surface area contributed by atoms with Gasteiger partial charge in [0.15, 0.2) is 17.8 Å². The van der Waals surface area contributed by atoms with Gasteiger partial charge in [0.2, 0.25) is 0 Å². The quantitative estimate of drug-likeness (QED) is 0.609. The zero-order valence-corrected chi connectivity index (χ0v) is 17.7. The Balaban J connectivity index is 1.72. The molecule has 0 saturated carbocycles. The summed E-state index contributed by atoms with van der Waals surface area (Å²) in [5.74, 6) is 0.554. The highest BCUT2D eigenvalue weighted by Gasteiger charge is 2.57. The van der Waals surface area contributed by atoms with Crippen molar-refractivity contribution in [1.82, 2.24) is 4.57 Å². The van der Waals surface area contributed by atoms with E-state index in [0.29, 0.717) is 22.2 Å². The number of fused-ring (bicyclic) bond motifs is 2. The number of rotatable bonds is 5. The van der Waals surface area contributed by atoms with Gasteiger partial charge in [0.1, 0.15) is 5.75 Å². The van der Waals surface area contributed by atoms with E-state index in [2.05, 4.69) is 0 Å². The van der Waals surface area contributed by atoms with Gasteiger partial charge < -0.3 is 19.1 Å². The molecule has 2 unspecified atom stereocenters. The van der Waals surface area contributed by atoms with Gasteiger partial charge in [-0.3, -0.25) is 4.79 Å². The molecule has 1 aliphatic heterocycles. The third kappa shape index (κ3) is 4.00. The number of aliphatic hydroxyl groups is 1. The normalized spacial score (nSPS) is 18.6. The number of halogens is 3. The third-order valence-electron chi connectivity index (χ3n) is 5.95. The van der Waals surface area contributed by atoms with E-state index in [1.54, 1.807) is 62.4 Å². The molecule has 170 valence electrons. The van der Waals surface area contributed by atoms with Crippen LogP contribution >= 0.6 is 0 Å². The molecule has 5 nitrogen and oxygen atoms in total. The van der Waals surface area contributed by atoms with Crippen LogP contribution in [0.15, 0.2) is 65.6 Å². The summed E-state index contributed by atoms with van der Waals surface area (Å²) in [4.78, 5) is 12.1. The molecule has 0 bridgehead atoms. The van der Waals surface area contributed by atoms with Crippen LogP contribution in [-0.4, -0.2) is 28.2 Å². The lowest BCUT2D eigenvalue weighted by molar-refractivity contribution is -0.280. The van der Waals surface area contributed by atoms with Gasteiger partial charge in [-0.1, -0.05) is 44.2 Å². The van der Waals surface area contributed by atoms with E-state index in [9.17, 15) is 23.1 Å². The van der Waals surface area contributed by atoms with Gasteiger partial charge in [-0.25, -0.2) is 0 Å². The Kier molecular flexibility index (Phi) is 5.55. The number of hydrogen-bond acceptors (Lipinski definition) is 4. The van der Waals surface area contributed by atoms with Crippen molar-refractivity contribution in [3.8, 4) is 5.75 Å². The first-order valence-electron chi connectivity index (χ1n) is 10.2. The summed E-state index contributed by atoms with van der Waals surface area (Å²) < 4.78 is 55.3. The van der Waals surface area contributed by atoms with Crippen LogP contribution < -0.4 is 10.2 Å². The summed E-state index contributed by atoms with van der Waals surface area (Å²) in [5.41, 5.74) is -3.49. The largest absolute Gasteiger partial charge is 0.467 e. The molecule has 1 aliphatic rings. The summed E-state index contributed by atoms with van der Waals surface area (Å²) in [6.07, 6.45) is -4.95. The number of hydrogen-bond donors (Lipinski definition) is 1. The van der Waals surface area contributed by atoms with E-state index in [4.69, 9.17) is 9.47 Å². The van der Waals surface area contributed by atoms with Crippen molar-refractivity contribution >= 4 is 10.9 Å². The highest BCUT2D eigenvalue weighted by molar-refractivity contribution is 5.78. The molecule has 4 rings (SSSR count). The number of alkyl halides is 3. The van der Waals surface area contributed by atoms with Crippen molar-refractivity contribution in [3.05, 3.63) is 76.6 Å². The van der Waals surface area contributed by atoms with Crippen LogP contribution in [0.3, 0.4) is 0 Å². The second kappa shape index (κ2) is 7.94. The molecule has 1 N–H and O–H groups in total. The molecule has 2 aromatic carbocycles. The topological polar surface area (TPSA) is 60.7 Å². The molecule has 32 heavy (non-hydrogen) atoms. The lowest BCUT2D eigenvalue weighted by Gasteiger charge is -2.43. The van der Waals surface area contributed by atoms with E-state index in [-0.39, 0.29) is 12.2 Å². The van der Waals surface area contributed by atoms with Crippen LogP contribution in [0.25, 0.3) is 10.9 Å². The molecule has 0 aliphatic carbocycles. The van der Waals surface area contributed by atoms with E-state index >= 15 is 0 Å². The van der Waals surface area contributed by atoms with Crippen molar-refractivity contribution in [3.63, 3.8) is 0 Å². The summed E-state index contributed by atoms with van der Waals surface area (Å²) in [7, 11) is 0. The summed E-state index contributed by atoms with van der Waals surface area (Å²) in [6.45, 7) is 2.44. The van der Waals surface area contributed by atoms with Crippen molar-refractivity contribution in [2.45, 2.75) is 44.7 Å². The van der Waals surface area contributed by atoms with Crippen LogP contribution in [0.2, 0.25) is 0 Å². The fourth-order valence-corrected chi connectivity index (χ4v) is 4.50. The van der Waals surface area contributed by atoms with Crippen LogP contribution in [0.5, 0.6) is 5.75 Å². The summed E-state index contributed by atoms with van der Waals surface area (Å²) >= 11 is 0. The average Bonchev–Trinajstić information content (AvgIpc) is 2.74. The van der Waals surface area contributed by atoms with Crippen molar-refractivity contribution in [2.75, 3.05) is 6.79 Å². The molecule has 0 amide bonds. The van der Waals surface area contributed by atoms with Crippen LogP contribution in [-0.2, 0) is 11.3 Å². The van der Waals surface area contributed by atoms with Crippen molar-refractivity contribution in [2.24, 2.45) is 5.41 Å². The van der Waals surface area contributed by atoms with Gasteiger partial charge in [-0.2, -0.15) is 13.2 Å². The minimum absolute atomic E-state index is 0.0834. The van der Waals surface area contributed by atoms with E-state index in [0.717, 1.165) is 0 Å². The molecule has 2 heterocycles. The van der Waals surface area contributed by atoms with Gasteiger partial charge >= 0.3 is 6.18 Å². The zero-order valence-electron chi connectivity index (χ0n) is 17.7. The third-order valence-corrected chi connectivity index (χ3v) is 5.95. The monoisotopic (exact) mass is 447 g/mol. The maximum Gasteiger partial charge on any atom is 0.418 e. The van der Waals surface area contributed by atoms with Gasteiger partial charge in [-0.05, 0) is 30.0 Å². The van der Waals surface area contributed by atoms with Crippen LogP contribution in [0, 0.1) is 5.41 Å². The SMILES string of the molecule is CC(C)(CC(O)(Cn1ccc(=O)c2ccccc21)C(F)(F)F)C1OCOc2ccccc21. The molecular formula is C24H24F3NO4. The van der Waals surface area contributed by atoms with Gasteiger partial charge in [0.05, 0.1) is 18.2 Å². The average molecular weight is 447 g/mol. The van der Waals surface area contributed by atoms with Crippen LogP contribution in [0.4, 0.5) is 13.2 Å². The second-order valence-corrected chi connectivity index (χ2v) is 8.87. The Hall–Kier alpha value is -2.84. The molecule has 3 aromatic rings. The minimum Gasteiger partial charge on any atom is -0.467 e. The van der Waals surface area contributed by atoms with E-state index < -0.39 is 36.3 Å². The fourth-order valence-electron chi connectivity index (χ4n) is 4.50. The fraction of sp³-hybridized carbons (Fsp3) is 0.375. The predicted octanol–water partition coefficient (Wildman–Crippen LogP) is 4.82. The van der Waals surface area contributed by atoms with Crippen molar-refractivity contribution in [1.29, 1.82) is 0 Å². The number of pyridine rings is 1. The van der Waals surface area contributed by atoms with E-state index in [1.807, 2.05) is 0 Å². The zero-order chi connectivity index (χ0) is 23.1. The van der Waals surface area contributed by atoms with Crippen LogP contribution in [0.1, 0.15) is 31.9 Å². The maximum atomic E-state index is 14.3. The first-order valence-corrected chi connectivity index (χ1v) is 10.2. The number of benzene rings is 2. The molecule has 0 saturated heterocycles. The standard InChI is InChI=1S/C24H24F3NO4/c1-22(2,21-17-8-4-6-10-20(17)31-15-32-21)13-23(30,24(25,26)27)14-28-12-11-19(29)16-7-3-5-9-18(16)28/h3-12,21,30H,13-15H2,1-2H3. The highest BCUT2D eigenvalue weighted by Crippen LogP contribution is 2.50. The molecule has 2 atom stereocenters. The van der Waals surface area contributed by atoms with Gasteiger partial charge in [0, 0.05) is 23.2 Å². The number of nitrogens with zero attached hydrogens (tertiary/aromatic N) is 1. The molecule has 0 fully saturated rings. The van der Waals surface area contributed by atoms with Gasteiger partial charge in [-0.15, -0.1) is 0 Å². The first kappa shape index (κ1) is 22.4. The highest BCUT2D eigenvalue weighted by atomic mass is 19.4. The maximum absolute atomic E-state index is 14.3. The first-order chi connectivity index (χ1) is 15.0. The lowest BCUT2D eigenvalue weighted by atomic mass is 9.73. The Bertz CT molecular complexity index is 1190. The predicted molar refractivity (Wildman–Crippen MR) is 113 cm³/mol. The number of ether oxygens (including phenoxy) is 2. The Morgan fingerprint density at radius 3 is 2.50 bits per heavy atom. The van der Waals surface area contributed by atoms with Gasteiger partial charge in [0.25, 0.3) is 0 Å². The molecule has 0 radical (unpaired) electrons. The molecule has 1 aromatic heterocycles. The molecule has 8 heteroatoms. The summed E-state index contributed by atoms with van der Waals surface area (Å²) in [6, 6.07) is 14.7. The Labute approximate surface area is 183 Å². The number of para-hydroxylation sites is 2. The summed E-state index contributed by atoms with van der Waals surface area (Å²) in [5, 5.41) is 11.3. The Morgan fingerprint density at radius 2 is 1.75 bits per heavy atom.